The highest BCUT2D eigenvalue weighted by atomic mass is 35.5. The van der Waals surface area contributed by atoms with Crippen molar-refractivity contribution in [2.45, 2.75) is 57.4 Å². The first-order valence-electron chi connectivity index (χ1n) is 9.84. The van der Waals surface area contributed by atoms with Crippen LogP contribution in [0.1, 0.15) is 51.4 Å². The summed E-state index contributed by atoms with van der Waals surface area (Å²) in [5.74, 6) is 0.0441. The molecular weight excluding hydrogens is 364 g/mol. The zero-order valence-electron chi connectivity index (χ0n) is 15.8. The highest BCUT2D eigenvalue weighted by Crippen LogP contribution is 2.25. The van der Waals surface area contributed by atoms with Crippen molar-refractivity contribution in [1.82, 2.24) is 4.90 Å². The lowest BCUT2D eigenvalue weighted by Crippen LogP contribution is -2.35. The largest absolute Gasteiger partial charge is 0.328 e. The Morgan fingerprint density at radius 3 is 2.07 bits per heavy atom. The van der Waals surface area contributed by atoms with Crippen LogP contribution in [0.5, 0.6) is 0 Å². The number of hydrogen-bond acceptors (Lipinski definition) is 3. The van der Waals surface area contributed by atoms with Gasteiger partial charge in [0.15, 0.2) is 0 Å². The molecule has 1 aromatic rings. The molecule has 0 aromatic heterocycles. The number of urea groups is 1. The minimum atomic E-state index is -0.0418. The number of nitrogens with one attached hydrogen (secondary N) is 2. The van der Waals surface area contributed by atoms with E-state index in [0.717, 1.165) is 63.0 Å². The van der Waals surface area contributed by atoms with Gasteiger partial charge in [0.25, 0.3) is 0 Å². The van der Waals surface area contributed by atoms with Gasteiger partial charge in [-0.15, -0.1) is 12.4 Å². The zero-order chi connectivity index (χ0) is 18.4. The summed E-state index contributed by atoms with van der Waals surface area (Å²) in [4.78, 5) is 26.6. The highest BCUT2D eigenvalue weighted by Gasteiger charge is 2.25. The topological polar surface area (TPSA) is 87.5 Å². The molecule has 2 fully saturated rings. The Morgan fingerprint density at radius 2 is 1.48 bits per heavy atom. The summed E-state index contributed by atoms with van der Waals surface area (Å²) in [5.41, 5.74) is 7.47. The third-order valence-corrected chi connectivity index (χ3v) is 5.38. The van der Waals surface area contributed by atoms with Gasteiger partial charge in [-0.1, -0.05) is 19.3 Å². The van der Waals surface area contributed by atoms with Crippen LogP contribution in [0.2, 0.25) is 0 Å². The molecule has 1 aromatic carbocycles. The summed E-state index contributed by atoms with van der Waals surface area (Å²) in [6, 6.07) is 7.42. The summed E-state index contributed by atoms with van der Waals surface area (Å²) < 4.78 is 0. The molecule has 150 valence electrons. The van der Waals surface area contributed by atoms with Gasteiger partial charge in [0.2, 0.25) is 5.91 Å². The Labute approximate surface area is 167 Å². The third-order valence-electron chi connectivity index (χ3n) is 5.38. The molecule has 1 aliphatic carbocycles. The van der Waals surface area contributed by atoms with E-state index in [1.807, 2.05) is 29.2 Å². The van der Waals surface area contributed by atoms with Crippen LogP contribution >= 0.6 is 12.4 Å². The van der Waals surface area contributed by atoms with Crippen LogP contribution in [-0.4, -0.2) is 36.0 Å². The number of nitrogens with zero attached hydrogens (tertiary/aromatic N) is 1. The number of anilines is 2. The van der Waals surface area contributed by atoms with Gasteiger partial charge in [-0.2, -0.15) is 0 Å². The van der Waals surface area contributed by atoms with Crippen molar-refractivity contribution < 1.29 is 9.59 Å². The van der Waals surface area contributed by atoms with Crippen LogP contribution in [0.3, 0.4) is 0 Å². The smallest absolute Gasteiger partial charge is 0.321 e. The van der Waals surface area contributed by atoms with E-state index in [1.54, 1.807) is 0 Å². The molecule has 3 amide bonds. The Hall–Kier alpha value is -1.79. The molecule has 1 aliphatic heterocycles. The van der Waals surface area contributed by atoms with E-state index in [1.165, 1.54) is 12.8 Å². The molecule has 2 atom stereocenters. The third kappa shape index (κ3) is 6.40. The van der Waals surface area contributed by atoms with Crippen molar-refractivity contribution in [2.24, 2.45) is 11.7 Å². The Balaban J connectivity index is 0.00000261. The van der Waals surface area contributed by atoms with Crippen molar-refractivity contribution in [3.63, 3.8) is 0 Å². The molecule has 6 nitrogen and oxygen atoms in total. The average molecular weight is 395 g/mol. The molecule has 4 N–H and O–H groups in total. The Morgan fingerprint density at radius 1 is 0.889 bits per heavy atom. The number of likely N-dealkylation sites (tertiary alicyclic amines) is 1. The van der Waals surface area contributed by atoms with Crippen LogP contribution in [0.25, 0.3) is 0 Å². The summed E-state index contributed by atoms with van der Waals surface area (Å²) in [7, 11) is 0. The minimum absolute atomic E-state index is 0. The predicted molar refractivity (Wildman–Crippen MR) is 111 cm³/mol. The molecule has 7 heteroatoms. The van der Waals surface area contributed by atoms with Crippen molar-refractivity contribution in [2.75, 3.05) is 23.7 Å². The number of nitrogens with two attached hydrogens (primary N) is 1. The quantitative estimate of drug-likeness (QED) is 0.724. The van der Waals surface area contributed by atoms with E-state index >= 15 is 0 Å². The maximum atomic E-state index is 12.4. The van der Waals surface area contributed by atoms with Gasteiger partial charge >= 0.3 is 6.03 Å². The monoisotopic (exact) mass is 394 g/mol. The normalized spacial score (nSPS) is 22.9. The van der Waals surface area contributed by atoms with Crippen molar-refractivity contribution in [3.8, 4) is 0 Å². The number of rotatable bonds is 3. The molecule has 2 aliphatic rings. The molecule has 1 heterocycles. The van der Waals surface area contributed by atoms with Crippen molar-refractivity contribution in [1.29, 1.82) is 0 Å². The summed E-state index contributed by atoms with van der Waals surface area (Å²) in [6.45, 7) is 1.65. The van der Waals surface area contributed by atoms with Gasteiger partial charge in [0.05, 0.1) is 0 Å². The first-order chi connectivity index (χ1) is 12.6. The van der Waals surface area contributed by atoms with Gasteiger partial charge in [0, 0.05) is 36.4 Å². The fourth-order valence-corrected chi connectivity index (χ4v) is 3.82. The number of hydrogen-bond donors (Lipinski definition) is 3. The lowest BCUT2D eigenvalue weighted by atomic mass is 9.85. The van der Waals surface area contributed by atoms with Gasteiger partial charge in [-0.3, -0.25) is 4.79 Å². The molecule has 1 saturated heterocycles. The molecule has 27 heavy (non-hydrogen) atoms. The van der Waals surface area contributed by atoms with E-state index in [0.29, 0.717) is 0 Å². The molecule has 0 spiro atoms. The number of carbonyl (C=O) groups excluding carboxylic acids is 2. The Bertz CT molecular complexity index is 580. The van der Waals surface area contributed by atoms with Gasteiger partial charge in [-0.25, -0.2) is 4.79 Å². The summed E-state index contributed by atoms with van der Waals surface area (Å²) >= 11 is 0. The Kier molecular flexibility index (Phi) is 8.38. The molecule has 3 rings (SSSR count). The molecular formula is C20H31ClN4O2. The maximum absolute atomic E-state index is 12.4. The fraction of sp³-hybridized carbons (Fsp3) is 0.600. The number of benzene rings is 1. The number of amides is 3. The van der Waals surface area contributed by atoms with E-state index in [2.05, 4.69) is 10.6 Å². The highest BCUT2D eigenvalue weighted by molar-refractivity contribution is 5.93. The van der Waals surface area contributed by atoms with Gasteiger partial charge in [-0.05, 0) is 56.4 Å². The fourth-order valence-electron chi connectivity index (χ4n) is 3.82. The molecule has 0 radical (unpaired) electrons. The summed E-state index contributed by atoms with van der Waals surface area (Å²) in [6.07, 6.45) is 8.23. The SMILES string of the molecule is Cl.NC1CCCC(C(=O)Nc2ccc(NC(=O)N3CCCCCC3)cc2)C1. The van der Waals surface area contributed by atoms with Gasteiger partial charge < -0.3 is 21.3 Å². The van der Waals surface area contributed by atoms with Crippen LogP contribution in [-0.2, 0) is 4.79 Å². The predicted octanol–water partition coefficient (Wildman–Crippen LogP) is 3.97. The molecule has 1 saturated carbocycles. The lowest BCUT2D eigenvalue weighted by Gasteiger charge is -2.25. The standard InChI is InChI=1S/C20H30N4O2.ClH/c21-16-7-5-6-15(14-16)19(25)22-17-8-10-18(11-9-17)23-20(26)24-12-3-1-2-4-13-24;/h8-11,15-16H,1-7,12-14,21H2,(H,22,25)(H,23,26);1H. The minimum Gasteiger partial charge on any atom is -0.328 e. The molecule has 0 bridgehead atoms. The average Bonchev–Trinajstić information content (AvgIpc) is 2.93. The van der Waals surface area contributed by atoms with Crippen molar-refractivity contribution >= 4 is 35.7 Å². The number of carbonyl (C=O) groups is 2. The second-order valence-electron chi connectivity index (χ2n) is 7.52. The maximum Gasteiger partial charge on any atom is 0.321 e. The van der Waals surface area contributed by atoms with Crippen molar-refractivity contribution in [3.05, 3.63) is 24.3 Å². The second kappa shape index (κ2) is 10.5. The van der Waals surface area contributed by atoms with E-state index in [4.69, 9.17) is 5.73 Å². The first-order valence-corrected chi connectivity index (χ1v) is 9.84. The van der Waals surface area contributed by atoms with E-state index in [9.17, 15) is 9.59 Å². The van der Waals surface area contributed by atoms with Crippen LogP contribution in [0.4, 0.5) is 16.2 Å². The first kappa shape index (κ1) is 21.5. The zero-order valence-corrected chi connectivity index (χ0v) is 16.6. The number of halogens is 1. The lowest BCUT2D eigenvalue weighted by molar-refractivity contribution is -0.120. The van der Waals surface area contributed by atoms with E-state index in [-0.39, 0.29) is 36.3 Å². The van der Waals surface area contributed by atoms with Gasteiger partial charge in [0.1, 0.15) is 0 Å². The van der Waals surface area contributed by atoms with Crippen LogP contribution in [0, 0.1) is 5.92 Å². The second-order valence-corrected chi connectivity index (χ2v) is 7.52. The summed E-state index contributed by atoms with van der Waals surface area (Å²) in [5, 5.41) is 5.91. The van der Waals surface area contributed by atoms with E-state index < -0.39 is 0 Å². The van der Waals surface area contributed by atoms with Crippen LogP contribution in [0.15, 0.2) is 24.3 Å². The molecule has 2 unspecified atom stereocenters. The van der Waals surface area contributed by atoms with Crippen LogP contribution < -0.4 is 16.4 Å².